The van der Waals surface area contributed by atoms with E-state index in [1.807, 2.05) is 0 Å². The Bertz CT molecular complexity index is 807. The molecule has 0 saturated heterocycles. The van der Waals surface area contributed by atoms with Crippen molar-refractivity contribution in [1.82, 2.24) is 8.75 Å². The number of hydrogen-bond acceptors (Lipinski definition) is 8. The molecular weight excluding hydrogens is 372 g/mol. The molecule has 1 unspecified atom stereocenters. The van der Waals surface area contributed by atoms with E-state index in [4.69, 9.17) is 24.5 Å². The molecule has 0 saturated carbocycles. The number of rotatable bonds is 4. The van der Waals surface area contributed by atoms with Crippen molar-refractivity contribution in [3.63, 3.8) is 0 Å². The highest BCUT2D eigenvalue weighted by Gasteiger charge is 2.22. The molecule has 9 nitrogen and oxygen atoms in total. The number of hydrogen-bond donors (Lipinski definition) is 2. The van der Waals surface area contributed by atoms with Gasteiger partial charge in [-0.3, -0.25) is 10.2 Å². The minimum atomic E-state index is -2.19. The summed E-state index contributed by atoms with van der Waals surface area (Å²) >= 11 is 1.21. The zero-order chi connectivity index (χ0) is 19.8. The number of ether oxygens (including phenoxy) is 1. The molecule has 10 heteroatoms. The van der Waals surface area contributed by atoms with Gasteiger partial charge in [0, 0.05) is 0 Å². The first kappa shape index (κ1) is 20.5. The number of aliphatic carboxylic acids is 2. The lowest BCUT2D eigenvalue weighted by molar-refractivity contribution is -0.978. The number of benzene rings is 1. The van der Waals surface area contributed by atoms with Gasteiger partial charge in [-0.2, -0.15) is 4.37 Å². The predicted molar refractivity (Wildman–Crippen MR) is 92.0 cm³/mol. The van der Waals surface area contributed by atoms with Crippen LogP contribution in [0.1, 0.15) is 16.8 Å². The summed E-state index contributed by atoms with van der Waals surface area (Å²) in [5, 5.41) is 20.0. The maximum atomic E-state index is 8.93. The van der Waals surface area contributed by atoms with Gasteiger partial charge >= 0.3 is 0 Å². The Kier molecular flexibility index (Phi) is 7.41. The Balaban J connectivity index is 0.000000380. The number of carbonyl (C=O) groups is 2. The lowest BCUT2D eigenvalue weighted by Gasteiger charge is -2.17. The van der Waals surface area contributed by atoms with Gasteiger partial charge in [0.15, 0.2) is 5.69 Å². The van der Waals surface area contributed by atoms with Crippen LogP contribution in [-0.4, -0.2) is 40.9 Å². The van der Waals surface area contributed by atoms with Crippen molar-refractivity contribution in [2.45, 2.75) is 13.5 Å². The van der Waals surface area contributed by atoms with Crippen molar-refractivity contribution in [2.24, 2.45) is 0 Å². The van der Waals surface area contributed by atoms with E-state index in [0.717, 1.165) is 24.5 Å². The van der Waals surface area contributed by atoms with Crippen LogP contribution < -0.4 is 25.2 Å². The van der Waals surface area contributed by atoms with Gasteiger partial charge in [-0.1, -0.05) is 29.8 Å². The number of likely N-dealkylation sites (N-methyl/N-ethyl adjacent to an activating group) is 1. The molecule has 0 aliphatic carbocycles. The van der Waals surface area contributed by atoms with Gasteiger partial charge in [-0.15, -0.1) is 4.37 Å². The van der Waals surface area contributed by atoms with E-state index < -0.39 is 11.9 Å². The van der Waals surface area contributed by atoms with Crippen molar-refractivity contribution in [2.75, 3.05) is 20.3 Å². The molecule has 3 rings (SSSR count). The van der Waals surface area contributed by atoms with Crippen LogP contribution in [0.4, 0.5) is 0 Å². The van der Waals surface area contributed by atoms with E-state index in [2.05, 4.69) is 58.5 Å². The van der Waals surface area contributed by atoms with Crippen LogP contribution in [-0.2, 0) is 16.2 Å². The topological polar surface area (TPSA) is 136 Å². The number of quaternary nitrogens is 2. The highest BCUT2D eigenvalue weighted by atomic mass is 32.1. The summed E-state index contributed by atoms with van der Waals surface area (Å²) in [6, 6.07) is 8.35. The molecule has 0 spiro atoms. The molecule has 0 radical (unpaired) electrons. The largest absolute Gasteiger partial charge is 0.543 e. The number of carboxylic acid groups (broad SMARTS) is 2. The number of aromatic nitrogens is 2. The number of carboxylic acids is 2. The molecule has 27 heavy (non-hydrogen) atoms. The smallest absolute Gasteiger partial charge is 0.254 e. The van der Waals surface area contributed by atoms with Crippen LogP contribution in [0.15, 0.2) is 30.5 Å². The van der Waals surface area contributed by atoms with Crippen molar-refractivity contribution >= 4 is 29.2 Å². The molecule has 1 aromatic carbocycles. The van der Waals surface area contributed by atoms with Gasteiger partial charge in [0.1, 0.15) is 19.4 Å². The predicted octanol–water partition coefficient (Wildman–Crippen LogP) is -3.70. The third-order valence-electron chi connectivity index (χ3n) is 3.70. The number of nitrogens with one attached hydrogen (secondary N) is 1. The van der Waals surface area contributed by atoms with Crippen LogP contribution in [0, 0.1) is 6.92 Å². The van der Waals surface area contributed by atoms with E-state index in [1.165, 1.54) is 27.8 Å². The SMILES string of the molecule is Cc1ccc(COc2nsnc2C2=C[NH2+]C[NH+](C)C2)cc1.O=C([O-])C(=O)[O-]. The maximum Gasteiger partial charge on any atom is 0.254 e. The molecule has 3 N–H and O–H groups in total. The third-order valence-corrected chi connectivity index (χ3v) is 4.21. The molecule has 0 fully saturated rings. The number of nitrogens with two attached hydrogens (primary N) is 1. The van der Waals surface area contributed by atoms with Crippen LogP contribution in [0.2, 0.25) is 0 Å². The number of nitrogens with zero attached hydrogens (tertiary/aromatic N) is 2. The molecule has 1 aromatic heterocycles. The summed E-state index contributed by atoms with van der Waals surface area (Å²) in [5.74, 6) is -3.72. The molecular formula is C17H20N4O5S. The first-order valence-electron chi connectivity index (χ1n) is 8.14. The normalized spacial score (nSPS) is 15.9. The molecule has 0 amide bonds. The van der Waals surface area contributed by atoms with Gasteiger partial charge in [0.25, 0.3) is 5.88 Å². The van der Waals surface area contributed by atoms with Crippen molar-refractivity contribution in [3.05, 3.63) is 47.3 Å². The van der Waals surface area contributed by atoms with Gasteiger partial charge in [-0.25, -0.2) is 0 Å². The molecule has 1 aliphatic heterocycles. The average molecular weight is 392 g/mol. The summed E-state index contributed by atoms with van der Waals surface area (Å²) in [4.78, 5) is 19.3. The fourth-order valence-electron chi connectivity index (χ4n) is 2.33. The van der Waals surface area contributed by atoms with Crippen LogP contribution >= 0.6 is 11.7 Å². The fourth-order valence-corrected chi connectivity index (χ4v) is 2.86. The molecule has 0 bridgehead atoms. The Morgan fingerprint density at radius 3 is 2.48 bits per heavy atom. The highest BCUT2D eigenvalue weighted by molar-refractivity contribution is 6.99. The molecule has 1 aliphatic rings. The van der Waals surface area contributed by atoms with Crippen molar-refractivity contribution in [3.8, 4) is 5.88 Å². The second-order valence-electron chi connectivity index (χ2n) is 6.03. The van der Waals surface area contributed by atoms with E-state index in [-0.39, 0.29) is 0 Å². The van der Waals surface area contributed by atoms with Crippen LogP contribution in [0.25, 0.3) is 5.57 Å². The molecule has 144 valence electrons. The fraction of sp³-hybridized carbons (Fsp3) is 0.294. The summed E-state index contributed by atoms with van der Waals surface area (Å²) in [5.41, 5.74) is 4.49. The Hall–Kier alpha value is -2.82. The standard InChI is InChI=1S/C15H18N4OS.C2H2O4/c1-11-3-5-12(6-4-11)9-20-15-14(17-21-18-15)13-7-16-10-19(2)8-13;3-1(4)2(5)6/h3-7,16H,8-10H2,1-2H3;(H,3,4)(H,5,6). The highest BCUT2D eigenvalue weighted by Crippen LogP contribution is 2.23. The number of aryl methyl sites for hydroxylation is 1. The van der Waals surface area contributed by atoms with Gasteiger partial charge < -0.3 is 24.5 Å². The molecule has 2 heterocycles. The first-order valence-corrected chi connectivity index (χ1v) is 8.87. The Morgan fingerprint density at radius 2 is 1.89 bits per heavy atom. The van der Waals surface area contributed by atoms with Gasteiger partial charge in [0.05, 0.1) is 36.3 Å². The second kappa shape index (κ2) is 9.76. The summed E-state index contributed by atoms with van der Waals surface area (Å²) in [7, 11) is 2.18. The summed E-state index contributed by atoms with van der Waals surface area (Å²) in [6.45, 7) is 4.62. The van der Waals surface area contributed by atoms with E-state index in [0.29, 0.717) is 12.5 Å². The quantitative estimate of drug-likeness (QED) is 0.511. The summed E-state index contributed by atoms with van der Waals surface area (Å²) in [6.07, 6.45) is 2.14. The molecule has 1 atom stereocenters. The first-order chi connectivity index (χ1) is 12.9. The van der Waals surface area contributed by atoms with E-state index in [9.17, 15) is 0 Å². The maximum absolute atomic E-state index is 8.93. The van der Waals surface area contributed by atoms with E-state index >= 15 is 0 Å². The molecule has 2 aromatic rings. The van der Waals surface area contributed by atoms with Gasteiger partial charge in [-0.05, 0) is 12.5 Å². The van der Waals surface area contributed by atoms with Crippen molar-refractivity contribution < 1.29 is 34.8 Å². The third kappa shape index (κ3) is 6.44. The van der Waals surface area contributed by atoms with Crippen molar-refractivity contribution in [1.29, 1.82) is 0 Å². The Morgan fingerprint density at radius 1 is 1.22 bits per heavy atom. The number of carbonyl (C=O) groups excluding carboxylic acids is 2. The van der Waals surface area contributed by atoms with Gasteiger partial charge in [0.2, 0.25) is 6.67 Å². The van der Waals surface area contributed by atoms with Crippen LogP contribution in [0.3, 0.4) is 0 Å². The monoisotopic (exact) mass is 392 g/mol. The average Bonchev–Trinajstić information content (AvgIpc) is 3.10. The minimum absolute atomic E-state index is 0.526. The van der Waals surface area contributed by atoms with Crippen LogP contribution in [0.5, 0.6) is 5.88 Å². The van der Waals surface area contributed by atoms with E-state index in [1.54, 1.807) is 0 Å². The lowest BCUT2D eigenvalue weighted by atomic mass is 10.1. The zero-order valence-electron chi connectivity index (χ0n) is 14.9. The lowest BCUT2D eigenvalue weighted by Crippen LogP contribution is -3.20. The summed E-state index contributed by atoms with van der Waals surface area (Å²) < 4.78 is 14.6. The Labute approximate surface area is 160 Å². The minimum Gasteiger partial charge on any atom is -0.543 e. The zero-order valence-corrected chi connectivity index (χ0v) is 15.7. The second-order valence-corrected chi connectivity index (χ2v) is 6.56.